The Morgan fingerprint density at radius 3 is 2.67 bits per heavy atom. The molecule has 3 nitrogen and oxygen atoms in total. The van der Waals surface area contributed by atoms with Crippen LogP contribution < -0.4 is 5.32 Å². The lowest BCUT2D eigenvalue weighted by Crippen LogP contribution is -2.14. The molecule has 18 heavy (non-hydrogen) atoms. The first-order valence-corrected chi connectivity index (χ1v) is 6.51. The predicted octanol–water partition coefficient (Wildman–Crippen LogP) is 4.31. The normalized spacial score (nSPS) is 11.0. The van der Waals surface area contributed by atoms with Crippen LogP contribution in [0.2, 0.25) is 10.0 Å². The number of anilines is 1. The van der Waals surface area contributed by atoms with Crippen LogP contribution in [-0.2, 0) is 0 Å². The Morgan fingerprint density at radius 2 is 2.00 bits per heavy atom. The second-order valence-corrected chi connectivity index (χ2v) is 5.23. The van der Waals surface area contributed by atoms with Crippen LogP contribution in [0.25, 0.3) is 5.69 Å². The average molecular weight is 284 g/mol. The van der Waals surface area contributed by atoms with E-state index >= 15 is 0 Å². The molecule has 0 bridgehead atoms. The standard InChI is InChI=1S/C13H15Cl2N3/c1-8(2)16-13-17-9(3)7-18(13)11-6-4-5-10(14)12(11)15/h4-8H,1-3H3,(H,16,17). The van der Waals surface area contributed by atoms with Gasteiger partial charge in [0.25, 0.3) is 0 Å². The van der Waals surface area contributed by atoms with Gasteiger partial charge in [0.1, 0.15) is 0 Å². The van der Waals surface area contributed by atoms with E-state index in [-0.39, 0.29) is 0 Å². The molecule has 96 valence electrons. The van der Waals surface area contributed by atoms with E-state index in [0.717, 1.165) is 17.3 Å². The molecule has 1 heterocycles. The van der Waals surface area contributed by atoms with Gasteiger partial charge in [-0.15, -0.1) is 0 Å². The van der Waals surface area contributed by atoms with Crippen LogP contribution in [-0.4, -0.2) is 15.6 Å². The molecule has 1 aromatic heterocycles. The molecule has 2 aromatic rings. The zero-order chi connectivity index (χ0) is 13.3. The zero-order valence-electron chi connectivity index (χ0n) is 10.5. The minimum atomic E-state index is 0.295. The number of hydrogen-bond acceptors (Lipinski definition) is 2. The van der Waals surface area contributed by atoms with Gasteiger partial charge >= 0.3 is 0 Å². The van der Waals surface area contributed by atoms with E-state index in [9.17, 15) is 0 Å². The lowest BCUT2D eigenvalue weighted by molar-refractivity contribution is 0.864. The molecule has 0 radical (unpaired) electrons. The van der Waals surface area contributed by atoms with Crippen molar-refractivity contribution in [1.82, 2.24) is 9.55 Å². The molecule has 0 spiro atoms. The van der Waals surface area contributed by atoms with E-state index in [4.69, 9.17) is 23.2 Å². The molecule has 0 aliphatic heterocycles. The van der Waals surface area contributed by atoms with E-state index in [1.807, 2.05) is 29.8 Å². The minimum Gasteiger partial charge on any atom is -0.353 e. The van der Waals surface area contributed by atoms with Crippen molar-refractivity contribution in [1.29, 1.82) is 0 Å². The van der Waals surface area contributed by atoms with Crippen molar-refractivity contribution in [3.8, 4) is 5.69 Å². The van der Waals surface area contributed by atoms with E-state index in [0.29, 0.717) is 16.1 Å². The van der Waals surface area contributed by atoms with Crippen LogP contribution in [0.3, 0.4) is 0 Å². The number of aryl methyl sites for hydroxylation is 1. The molecular formula is C13H15Cl2N3. The number of aromatic nitrogens is 2. The van der Waals surface area contributed by atoms with Crippen LogP contribution in [0.5, 0.6) is 0 Å². The Balaban J connectivity index is 2.53. The molecule has 1 N–H and O–H groups in total. The monoisotopic (exact) mass is 283 g/mol. The fourth-order valence-electron chi connectivity index (χ4n) is 1.72. The molecule has 0 amide bonds. The van der Waals surface area contributed by atoms with Gasteiger partial charge < -0.3 is 5.32 Å². The van der Waals surface area contributed by atoms with Crippen molar-refractivity contribution in [3.05, 3.63) is 40.1 Å². The molecule has 0 aliphatic carbocycles. The van der Waals surface area contributed by atoms with Gasteiger partial charge in [-0.25, -0.2) is 4.98 Å². The summed E-state index contributed by atoms with van der Waals surface area (Å²) in [5, 5.41) is 4.36. The van der Waals surface area contributed by atoms with Crippen LogP contribution in [0.15, 0.2) is 24.4 Å². The number of rotatable bonds is 3. The molecular weight excluding hydrogens is 269 g/mol. The topological polar surface area (TPSA) is 29.9 Å². The smallest absolute Gasteiger partial charge is 0.207 e. The SMILES string of the molecule is Cc1cn(-c2cccc(Cl)c2Cl)c(NC(C)C)n1. The largest absolute Gasteiger partial charge is 0.353 e. The van der Waals surface area contributed by atoms with Gasteiger partial charge in [-0.2, -0.15) is 0 Å². The maximum Gasteiger partial charge on any atom is 0.207 e. The third kappa shape index (κ3) is 2.62. The van der Waals surface area contributed by atoms with E-state index in [2.05, 4.69) is 24.1 Å². The molecule has 0 aliphatic rings. The zero-order valence-corrected chi connectivity index (χ0v) is 12.0. The first-order chi connectivity index (χ1) is 8.49. The third-order valence-electron chi connectivity index (χ3n) is 2.43. The maximum absolute atomic E-state index is 6.24. The highest BCUT2D eigenvalue weighted by Crippen LogP contribution is 2.30. The first-order valence-electron chi connectivity index (χ1n) is 5.76. The quantitative estimate of drug-likeness (QED) is 0.910. The summed E-state index contributed by atoms with van der Waals surface area (Å²) in [7, 11) is 0. The fraction of sp³-hybridized carbons (Fsp3) is 0.308. The maximum atomic E-state index is 6.24. The van der Waals surface area contributed by atoms with Crippen LogP contribution in [0.1, 0.15) is 19.5 Å². The first kappa shape index (κ1) is 13.2. The van der Waals surface area contributed by atoms with Crippen molar-refractivity contribution >= 4 is 29.2 Å². The highest BCUT2D eigenvalue weighted by Gasteiger charge is 2.12. The summed E-state index contributed by atoms with van der Waals surface area (Å²) in [5.41, 5.74) is 1.75. The predicted molar refractivity (Wildman–Crippen MR) is 77.1 cm³/mol. The third-order valence-corrected chi connectivity index (χ3v) is 3.24. The second kappa shape index (κ2) is 5.21. The Labute approximate surface area is 117 Å². The summed E-state index contributed by atoms with van der Waals surface area (Å²) < 4.78 is 1.92. The van der Waals surface area contributed by atoms with E-state index in [1.165, 1.54) is 0 Å². The van der Waals surface area contributed by atoms with Gasteiger partial charge in [0.05, 0.1) is 21.4 Å². The van der Waals surface area contributed by atoms with Crippen LogP contribution in [0, 0.1) is 6.92 Å². The van der Waals surface area contributed by atoms with Crippen molar-refractivity contribution in [2.45, 2.75) is 26.8 Å². The molecule has 0 saturated heterocycles. The molecule has 5 heteroatoms. The Kier molecular flexibility index (Phi) is 3.83. The number of halogens is 2. The lowest BCUT2D eigenvalue weighted by atomic mass is 10.3. The van der Waals surface area contributed by atoms with Gasteiger partial charge in [0.2, 0.25) is 5.95 Å². The van der Waals surface area contributed by atoms with Crippen LogP contribution >= 0.6 is 23.2 Å². The van der Waals surface area contributed by atoms with Crippen molar-refractivity contribution < 1.29 is 0 Å². The Morgan fingerprint density at radius 1 is 1.28 bits per heavy atom. The number of benzene rings is 1. The summed E-state index contributed by atoms with van der Waals surface area (Å²) in [5.74, 6) is 0.770. The van der Waals surface area contributed by atoms with Gasteiger partial charge in [-0.3, -0.25) is 4.57 Å². The second-order valence-electron chi connectivity index (χ2n) is 4.45. The summed E-state index contributed by atoms with van der Waals surface area (Å²) >= 11 is 12.3. The molecule has 0 saturated carbocycles. The average Bonchev–Trinajstić information content (AvgIpc) is 2.62. The van der Waals surface area contributed by atoms with Crippen molar-refractivity contribution in [3.63, 3.8) is 0 Å². The lowest BCUT2D eigenvalue weighted by Gasteiger charge is -2.13. The fourth-order valence-corrected chi connectivity index (χ4v) is 2.11. The highest BCUT2D eigenvalue weighted by atomic mass is 35.5. The van der Waals surface area contributed by atoms with Gasteiger partial charge in [-0.05, 0) is 32.9 Å². The van der Waals surface area contributed by atoms with Crippen molar-refractivity contribution in [2.75, 3.05) is 5.32 Å². The number of nitrogens with zero attached hydrogens (tertiary/aromatic N) is 2. The van der Waals surface area contributed by atoms with Crippen molar-refractivity contribution in [2.24, 2.45) is 0 Å². The van der Waals surface area contributed by atoms with E-state index < -0.39 is 0 Å². The number of imidazole rings is 1. The van der Waals surface area contributed by atoms with Gasteiger partial charge in [-0.1, -0.05) is 29.3 Å². The minimum absolute atomic E-state index is 0.295. The summed E-state index contributed by atoms with van der Waals surface area (Å²) in [6.07, 6.45) is 1.93. The molecule has 0 unspecified atom stereocenters. The highest BCUT2D eigenvalue weighted by molar-refractivity contribution is 6.43. The summed E-state index contributed by atoms with van der Waals surface area (Å²) in [4.78, 5) is 4.45. The number of hydrogen-bond donors (Lipinski definition) is 1. The van der Waals surface area contributed by atoms with Crippen LogP contribution in [0.4, 0.5) is 5.95 Å². The summed E-state index contributed by atoms with van der Waals surface area (Å²) in [6.45, 7) is 6.07. The number of nitrogens with one attached hydrogen (secondary N) is 1. The van der Waals surface area contributed by atoms with Gasteiger partial charge in [0, 0.05) is 12.2 Å². The molecule has 0 fully saturated rings. The Hall–Kier alpha value is -1.19. The molecule has 1 aromatic carbocycles. The Bertz CT molecular complexity index is 561. The van der Waals surface area contributed by atoms with Gasteiger partial charge in [0.15, 0.2) is 0 Å². The summed E-state index contributed by atoms with van der Waals surface area (Å²) in [6, 6.07) is 5.86. The van der Waals surface area contributed by atoms with E-state index in [1.54, 1.807) is 6.07 Å². The molecule has 2 rings (SSSR count). The molecule has 0 atom stereocenters.